The molecule has 2 aromatic rings. The van der Waals surface area contributed by atoms with Gasteiger partial charge in [-0.2, -0.15) is 5.10 Å². The Labute approximate surface area is 132 Å². The van der Waals surface area contributed by atoms with Gasteiger partial charge in [-0.15, -0.1) is 0 Å². The smallest absolute Gasteiger partial charge is 0.0543 e. The van der Waals surface area contributed by atoms with Crippen LogP contribution in [0.3, 0.4) is 0 Å². The lowest BCUT2D eigenvalue weighted by atomic mass is 10.0. The Morgan fingerprint density at radius 3 is 2.86 bits per heavy atom. The van der Waals surface area contributed by atoms with Gasteiger partial charge in [0.25, 0.3) is 0 Å². The zero-order chi connectivity index (χ0) is 15.6. The van der Waals surface area contributed by atoms with Gasteiger partial charge in [0.2, 0.25) is 0 Å². The Kier molecular flexibility index (Phi) is 4.27. The van der Waals surface area contributed by atoms with E-state index in [2.05, 4.69) is 53.3 Å². The van der Waals surface area contributed by atoms with Gasteiger partial charge >= 0.3 is 0 Å². The molecular weight excluding hydrogens is 274 g/mol. The Morgan fingerprint density at radius 2 is 2.18 bits per heavy atom. The summed E-state index contributed by atoms with van der Waals surface area (Å²) in [6.07, 6.45) is 7.97. The first-order valence-corrected chi connectivity index (χ1v) is 7.93. The Bertz CT molecular complexity index is 599. The summed E-state index contributed by atoms with van der Waals surface area (Å²) in [6.45, 7) is 10.5. The van der Waals surface area contributed by atoms with Crippen molar-refractivity contribution < 1.29 is 0 Å². The van der Waals surface area contributed by atoms with E-state index in [-0.39, 0.29) is 5.54 Å². The fourth-order valence-corrected chi connectivity index (χ4v) is 2.88. The molecule has 5 heteroatoms. The number of nitrogens with zero attached hydrogens (tertiary/aromatic N) is 4. The third-order valence-corrected chi connectivity index (χ3v) is 4.13. The van der Waals surface area contributed by atoms with Crippen LogP contribution in [0.5, 0.6) is 0 Å². The maximum Gasteiger partial charge on any atom is 0.0543 e. The maximum atomic E-state index is 4.51. The summed E-state index contributed by atoms with van der Waals surface area (Å²) in [5.41, 5.74) is 2.58. The van der Waals surface area contributed by atoms with Crippen LogP contribution in [-0.2, 0) is 12.1 Å². The fourth-order valence-electron chi connectivity index (χ4n) is 2.88. The van der Waals surface area contributed by atoms with Crippen LogP contribution in [0.1, 0.15) is 37.9 Å². The molecule has 0 amide bonds. The first kappa shape index (κ1) is 15.2. The Balaban J connectivity index is 1.76. The van der Waals surface area contributed by atoms with E-state index in [1.165, 1.54) is 11.1 Å². The van der Waals surface area contributed by atoms with Gasteiger partial charge in [-0.1, -0.05) is 6.07 Å². The molecule has 1 N–H and O–H groups in total. The molecule has 1 atom stereocenters. The minimum atomic E-state index is 0.0322. The van der Waals surface area contributed by atoms with Crippen molar-refractivity contribution in [3.05, 3.63) is 48.0 Å². The van der Waals surface area contributed by atoms with Crippen LogP contribution in [0.2, 0.25) is 0 Å². The third-order valence-electron chi connectivity index (χ3n) is 4.13. The molecule has 1 aliphatic rings. The first-order chi connectivity index (χ1) is 10.5. The summed E-state index contributed by atoms with van der Waals surface area (Å²) in [6, 6.07) is 4.55. The van der Waals surface area contributed by atoms with Crippen LogP contribution in [0.15, 0.2) is 36.9 Å². The molecule has 0 saturated carbocycles. The minimum Gasteiger partial charge on any atom is -0.314 e. The van der Waals surface area contributed by atoms with Crippen molar-refractivity contribution in [1.82, 2.24) is 25.0 Å². The van der Waals surface area contributed by atoms with Crippen LogP contribution in [0, 0.1) is 0 Å². The molecule has 3 rings (SSSR count). The van der Waals surface area contributed by atoms with E-state index in [1.54, 1.807) is 0 Å². The minimum absolute atomic E-state index is 0.0322. The van der Waals surface area contributed by atoms with Gasteiger partial charge in [-0.3, -0.25) is 14.6 Å². The number of aromatic nitrogens is 3. The normalized spacial score (nSPS) is 20.2. The largest absolute Gasteiger partial charge is 0.314 e. The number of nitrogens with one attached hydrogen (secondary N) is 1. The molecule has 1 fully saturated rings. The van der Waals surface area contributed by atoms with Crippen molar-refractivity contribution in [2.24, 2.45) is 0 Å². The lowest BCUT2D eigenvalue weighted by molar-refractivity contribution is 0.153. The predicted molar refractivity (Wildman–Crippen MR) is 87.5 cm³/mol. The highest BCUT2D eigenvalue weighted by Gasteiger charge is 2.24. The van der Waals surface area contributed by atoms with E-state index >= 15 is 0 Å². The fraction of sp³-hybridized carbons (Fsp3) is 0.529. The van der Waals surface area contributed by atoms with Crippen molar-refractivity contribution in [1.29, 1.82) is 0 Å². The van der Waals surface area contributed by atoms with Crippen molar-refractivity contribution >= 4 is 0 Å². The van der Waals surface area contributed by atoms with Gasteiger partial charge in [0.15, 0.2) is 0 Å². The number of pyridine rings is 1. The molecule has 2 aromatic heterocycles. The van der Waals surface area contributed by atoms with Gasteiger partial charge in [-0.05, 0) is 32.4 Å². The molecular formula is C17H25N5. The molecule has 3 heterocycles. The van der Waals surface area contributed by atoms with Crippen LogP contribution in [-0.4, -0.2) is 39.3 Å². The molecule has 0 spiro atoms. The highest BCUT2D eigenvalue weighted by atomic mass is 15.3. The van der Waals surface area contributed by atoms with E-state index in [0.29, 0.717) is 6.04 Å². The van der Waals surface area contributed by atoms with Crippen molar-refractivity contribution in [2.75, 3.05) is 19.6 Å². The highest BCUT2D eigenvalue weighted by molar-refractivity contribution is 5.16. The number of rotatable bonds is 3. The summed E-state index contributed by atoms with van der Waals surface area (Å²) in [5, 5.41) is 8.00. The van der Waals surface area contributed by atoms with E-state index in [4.69, 9.17) is 0 Å². The number of hydrogen-bond donors (Lipinski definition) is 1. The van der Waals surface area contributed by atoms with Crippen LogP contribution in [0.4, 0.5) is 0 Å². The van der Waals surface area contributed by atoms with Gasteiger partial charge in [0, 0.05) is 56.4 Å². The Morgan fingerprint density at radius 1 is 1.32 bits per heavy atom. The van der Waals surface area contributed by atoms with Crippen LogP contribution < -0.4 is 5.32 Å². The molecule has 0 bridgehead atoms. The van der Waals surface area contributed by atoms with Crippen molar-refractivity contribution in [3.8, 4) is 0 Å². The van der Waals surface area contributed by atoms with Crippen molar-refractivity contribution in [2.45, 2.75) is 38.9 Å². The molecule has 0 radical (unpaired) electrons. The lowest BCUT2D eigenvalue weighted by Gasteiger charge is -2.36. The molecule has 0 aliphatic carbocycles. The molecule has 0 aromatic carbocycles. The van der Waals surface area contributed by atoms with E-state index in [9.17, 15) is 0 Å². The molecule has 1 aliphatic heterocycles. The topological polar surface area (TPSA) is 46.0 Å². The molecule has 1 saturated heterocycles. The van der Waals surface area contributed by atoms with Gasteiger partial charge in [0.05, 0.1) is 11.7 Å². The standard InChI is InChI=1S/C17H25N5/c1-17(2,3)22-13-14(9-20-22)12-21-8-7-19-11-16(21)15-5-4-6-18-10-15/h4-6,9-10,13,16,19H,7-8,11-12H2,1-3H3. The average Bonchev–Trinajstić information content (AvgIpc) is 2.97. The van der Waals surface area contributed by atoms with Crippen molar-refractivity contribution in [3.63, 3.8) is 0 Å². The molecule has 118 valence electrons. The second-order valence-corrected chi connectivity index (χ2v) is 6.94. The van der Waals surface area contributed by atoms with Crippen LogP contribution >= 0.6 is 0 Å². The first-order valence-electron chi connectivity index (χ1n) is 7.93. The van der Waals surface area contributed by atoms with Gasteiger partial charge < -0.3 is 5.32 Å². The molecule has 22 heavy (non-hydrogen) atoms. The van der Waals surface area contributed by atoms with Crippen LogP contribution in [0.25, 0.3) is 0 Å². The quantitative estimate of drug-likeness (QED) is 0.943. The zero-order valence-electron chi connectivity index (χ0n) is 13.7. The number of hydrogen-bond acceptors (Lipinski definition) is 4. The summed E-state index contributed by atoms with van der Waals surface area (Å²) >= 11 is 0. The summed E-state index contributed by atoms with van der Waals surface area (Å²) in [7, 11) is 0. The zero-order valence-corrected chi connectivity index (χ0v) is 13.7. The predicted octanol–water partition coefficient (Wildman–Crippen LogP) is 2.18. The molecule has 5 nitrogen and oxygen atoms in total. The monoisotopic (exact) mass is 299 g/mol. The van der Waals surface area contributed by atoms with E-state index in [0.717, 1.165) is 26.2 Å². The maximum absolute atomic E-state index is 4.51. The highest BCUT2D eigenvalue weighted by Crippen LogP contribution is 2.24. The summed E-state index contributed by atoms with van der Waals surface area (Å²) < 4.78 is 2.05. The lowest BCUT2D eigenvalue weighted by Crippen LogP contribution is -2.45. The Hall–Kier alpha value is -1.72. The average molecular weight is 299 g/mol. The second kappa shape index (κ2) is 6.18. The third kappa shape index (κ3) is 3.36. The summed E-state index contributed by atoms with van der Waals surface area (Å²) in [5.74, 6) is 0. The second-order valence-electron chi connectivity index (χ2n) is 6.94. The number of piperazine rings is 1. The molecule has 1 unspecified atom stereocenters. The van der Waals surface area contributed by atoms with Gasteiger partial charge in [-0.25, -0.2) is 0 Å². The van der Waals surface area contributed by atoms with E-state index < -0.39 is 0 Å². The summed E-state index contributed by atoms with van der Waals surface area (Å²) in [4.78, 5) is 6.78. The van der Waals surface area contributed by atoms with Gasteiger partial charge in [0.1, 0.15) is 0 Å². The van der Waals surface area contributed by atoms with E-state index in [1.807, 2.05) is 29.3 Å². The SMILES string of the molecule is CC(C)(C)n1cc(CN2CCNCC2c2cccnc2)cn1.